The molecule has 0 radical (unpaired) electrons. The van der Waals surface area contributed by atoms with E-state index < -0.39 is 0 Å². The van der Waals surface area contributed by atoms with E-state index in [4.69, 9.17) is 4.74 Å². The van der Waals surface area contributed by atoms with Crippen LogP contribution in [0.2, 0.25) is 0 Å². The van der Waals surface area contributed by atoms with Crippen molar-refractivity contribution in [3.8, 4) is 5.75 Å². The molecule has 144 valence electrons. The number of nitrogens with one attached hydrogen (secondary N) is 1. The van der Waals surface area contributed by atoms with Gasteiger partial charge < -0.3 is 15.0 Å². The highest BCUT2D eigenvalue weighted by molar-refractivity contribution is 6.02. The maximum absolute atomic E-state index is 12.3. The number of benzene rings is 2. The molecule has 0 bridgehead atoms. The lowest BCUT2D eigenvalue weighted by Crippen LogP contribution is -2.32. The molecule has 3 aromatic rings. The summed E-state index contributed by atoms with van der Waals surface area (Å²) in [4.78, 5) is 14.3. The predicted molar refractivity (Wildman–Crippen MR) is 111 cm³/mol. The number of carbonyl (C=O) groups excluding carboxylic acids is 1. The van der Waals surface area contributed by atoms with Crippen LogP contribution in [0, 0.1) is 0 Å². The number of rotatable bonds is 7. The largest absolute Gasteiger partial charge is 0.496 e. The molecular formula is C22H24N4O2. The average molecular weight is 376 g/mol. The number of methoxy groups -OCH3 is 1. The number of aromatic nitrogens is 2. The van der Waals surface area contributed by atoms with E-state index in [1.165, 1.54) is 0 Å². The van der Waals surface area contributed by atoms with E-state index in [1.54, 1.807) is 13.2 Å². The summed E-state index contributed by atoms with van der Waals surface area (Å²) in [6, 6.07) is 20.9. The molecule has 2 aromatic carbocycles. The molecule has 1 amide bonds. The second-order valence-electron chi connectivity index (χ2n) is 6.57. The number of amides is 1. The standard InChI is InChI=1S/C22H24N4O2/c1-16(15-17-9-7-8-12-20(17)28-3)26(2)21-14-13-19(24-25-21)22(27)23-18-10-5-4-6-11-18/h4-14,16H,15H2,1-3H3,(H,23,27). The zero-order chi connectivity index (χ0) is 19.9. The fourth-order valence-corrected chi connectivity index (χ4v) is 2.90. The normalized spacial score (nSPS) is 11.5. The van der Waals surface area contributed by atoms with Gasteiger partial charge in [-0.05, 0) is 49.2 Å². The quantitative estimate of drug-likeness (QED) is 0.679. The number of para-hydroxylation sites is 2. The SMILES string of the molecule is COc1ccccc1CC(C)N(C)c1ccc(C(=O)Nc2ccccc2)nn1. The Morgan fingerprint density at radius 3 is 2.43 bits per heavy atom. The highest BCUT2D eigenvalue weighted by Gasteiger charge is 2.16. The zero-order valence-electron chi connectivity index (χ0n) is 16.3. The Morgan fingerprint density at radius 2 is 1.75 bits per heavy atom. The molecule has 28 heavy (non-hydrogen) atoms. The van der Waals surface area contributed by atoms with Gasteiger partial charge in [0.2, 0.25) is 0 Å². The van der Waals surface area contributed by atoms with Crippen molar-refractivity contribution in [3.05, 3.63) is 78.0 Å². The van der Waals surface area contributed by atoms with Crippen LogP contribution in [0.1, 0.15) is 23.0 Å². The molecule has 0 saturated carbocycles. The summed E-state index contributed by atoms with van der Waals surface area (Å²) < 4.78 is 5.43. The lowest BCUT2D eigenvalue weighted by Gasteiger charge is -2.26. The van der Waals surface area contributed by atoms with Crippen molar-refractivity contribution in [2.45, 2.75) is 19.4 Å². The summed E-state index contributed by atoms with van der Waals surface area (Å²) in [5, 5.41) is 11.1. The first-order chi connectivity index (χ1) is 13.6. The molecular weight excluding hydrogens is 352 g/mol. The Bertz CT molecular complexity index is 913. The molecule has 3 rings (SSSR count). The Labute approximate surface area is 165 Å². The van der Waals surface area contributed by atoms with Gasteiger partial charge in [0.05, 0.1) is 7.11 Å². The average Bonchev–Trinajstić information content (AvgIpc) is 2.74. The molecule has 0 saturated heterocycles. The van der Waals surface area contributed by atoms with E-state index in [0.717, 1.165) is 23.4 Å². The summed E-state index contributed by atoms with van der Waals surface area (Å²) in [6.45, 7) is 2.12. The number of anilines is 2. The summed E-state index contributed by atoms with van der Waals surface area (Å²) >= 11 is 0. The van der Waals surface area contributed by atoms with Crippen LogP contribution in [0.3, 0.4) is 0 Å². The molecule has 0 aliphatic carbocycles. The van der Waals surface area contributed by atoms with Crippen LogP contribution in [0.5, 0.6) is 5.75 Å². The topological polar surface area (TPSA) is 67.3 Å². The fraction of sp³-hybridized carbons (Fsp3) is 0.227. The van der Waals surface area contributed by atoms with Gasteiger partial charge in [-0.25, -0.2) is 0 Å². The van der Waals surface area contributed by atoms with Gasteiger partial charge in [0.1, 0.15) is 5.75 Å². The van der Waals surface area contributed by atoms with Crippen LogP contribution < -0.4 is 15.0 Å². The van der Waals surface area contributed by atoms with E-state index in [9.17, 15) is 4.79 Å². The van der Waals surface area contributed by atoms with Gasteiger partial charge in [0, 0.05) is 18.8 Å². The summed E-state index contributed by atoms with van der Waals surface area (Å²) in [6.07, 6.45) is 0.804. The Hall–Kier alpha value is -3.41. The minimum Gasteiger partial charge on any atom is -0.496 e. The first kappa shape index (κ1) is 19.4. The molecule has 0 spiro atoms. The van der Waals surface area contributed by atoms with Gasteiger partial charge in [-0.1, -0.05) is 36.4 Å². The van der Waals surface area contributed by atoms with Crippen LogP contribution in [0.25, 0.3) is 0 Å². The molecule has 0 aliphatic rings. The Kier molecular flexibility index (Phi) is 6.22. The van der Waals surface area contributed by atoms with Crippen molar-refractivity contribution in [1.29, 1.82) is 0 Å². The van der Waals surface area contributed by atoms with Crippen LogP contribution in [0.15, 0.2) is 66.7 Å². The Balaban J connectivity index is 1.65. The second kappa shape index (κ2) is 8.99. The van der Waals surface area contributed by atoms with Gasteiger partial charge in [-0.2, -0.15) is 0 Å². The fourth-order valence-electron chi connectivity index (χ4n) is 2.90. The third-order valence-corrected chi connectivity index (χ3v) is 4.65. The molecule has 1 heterocycles. The van der Waals surface area contributed by atoms with Crippen molar-refractivity contribution in [2.24, 2.45) is 0 Å². The van der Waals surface area contributed by atoms with Gasteiger partial charge in [-0.3, -0.25) is 4.79 Å². The number of carbonyl (C=O) groups is 1. The van der Waals surface area contributed by atoms with Gasteiger partial charge >= 0.3 is 0 Å². The van der Waals surface area contributed by atoms with Gasteiger partial charge in [0.15, 0.2) is 11.5 Å². The van der Waals surface area contributed by atoms with E-state index in [1.807, 2.05) is 66.5 Å². The first-order valence-electron chi connectivity index (χ1n) is 9.13. The number of hydrogen-bond acceptors (Lipinski definition) is 5. The maximum Gasteiger partial charge on any atom is 0.276 e. The number of hydrogen-bond donors (Lipinski definition) is 1. The summed E-state index contributed by atoms with van der Waals surface area (Å²) in [5.41, 5.74) is 2.13. The van der Waals surface area contributed by atoms with Crippen molar-refractivity contribution in [3.63, 3.8) is 0 Å². The third-order valence-electron chi connectivity index (χ3n) is 4.65. The highest BCUT2D eigenvalue weighted by Crippen LogP contribution is 2.22. The van der Waals surface area contributed by atoms with Gasteiger partial charge in [0.25, 0.3) is 5.91 Å². The van der Waals surface area contributed by atoms with Crippen LogP contribution in [0.4, 0.5) is 11.5 Å². The molecule has 1 atom stereocenters. The van der Waals surface area contributed by atoms with E-state index in [2.05, 4.69) is 28.5 Å². The van der Waals surface area contributed by atoms with Gasteiger partial charge in [-0.15, -0.1) is 10.2 Å². The molecule has 6 heteroatoms. The van der Waals surface area contributed by atoms with Crippen LogP contribution in [-0.4, -0.2) is 36.3 Å². The lowest BCUT2D eigenvalue weighted by molar-refractivity contribution is 0.102. The number of likely N-dealkylation sites (N-methyl/N-ethyl adjacent to an activating group) is 1. The number of nitrogens with zero attached hydrogens (tertiary/aromatic N) is 3. The van der Waals surface area contributed by atoms with Crippen LogP contribution in [-0.2, 0) is 6.42 Å². The molecule has 1 aromatic heterocycles. The first-order valence-corrected chi connectivity index (χ1v) is 9.13. The monoisotopic (exact) mass is 376 g/mol. The van der Waals surface area contributed by atoms with Crippen molar-refractivity contribution >= 4 is 17.4 Å². The van der Waals surface area contributed by atoms with Crippen LogP contribution >= 0.6 is 0 Å². The van der Waals surface area contributed by atoms with Crippen molar-refractivity contribution in [1.82, 2.24) is 10.2 Å². The minimum absolute atomic E-state index is 0.176. The lowest BCUT2D eigenvalue weighted by atomic mass is 10.1. The smallest absolute Gasteiger partial charge is 0.276 e. The predicted octanol–water partition coefficient (Wildman–Crippen LogP) is 3.80. The summed E-state index contributed by atoms with van der Waals surface area (Å²) in [5.74, 6) is 1.30. The van der Waals surface area contributed by atoms with E-state index in [-0.39, 0.29) is 17.6 Å². The third kappa shape index (κ3) is 4.65. The van der Waals surface area contributed by atoms with Crippen molar-refractivity contribution < 1.29 is 9.53 Å². The van der Waals surface area contributed by atoms with E-state index in [0.29, 0.717) is 5.82 Å². The zero-order valence-corrected chi connectivity index (χ0v) is 16.3. The molecule has 0 aliphatic heterocycles. The summed E-state index contributed by atoms with van der Waals surface area (Å²) in [7, 11) is 3.64. The van der Waals surface area contributed by atoms with E-state index >= 15 is 0 Å². The maximum atomic E-state index is 12.3. The molecule has 1 N–H and O–H groups in total. The Morgan fingerprint density at radius 1 is 1.04 bits per heavy atom. The minimum atomic E-state index is -0.282. The molecule has 1 unspecified atom stereocenters. The molecule has 6 nitrogen and oxygen atoms in total. The number of ether oxygens (including phenoxy) is 1. The van der Waals surface area contributed by atoms with Crippen molar-refractivity contribution in [2.75, 3.05) is 24.4 Å². The highest BCUT2D eigenvalue weighted by atomic mass is 16.5. The molecule has 0 fully saturated rings. The second-order valence-corrected chi connectivity index (χ2v) is 6.57.